The van der Waals surface area contributed by atoms with Gasteiger partial charge in [0.2, 0.25) is 0 Å². The van der Waals surface area contributed by atoms with Gasteiger partial charge in [-0.15, -0.1) is 0 Å². The maximum atomic E-state index is 5.66. The van der Waals surface area contributed by atoms with Crippen LogP contribution in [0.15, 0.2) is 0 Å². The van der Waals surface area contributed by atoms with E-state index in [0.29, 0.717) is 0 Å². The largest absolute Gasteiger partial charge is 0.380 e. The maximum Gasteiger partial charge on any atom is 0.0593 e. The minimum absolute atomic E-state index is 0.807. The summed E-state index contributed by atoms with van der Waals surface area (Å²) in [4.78, 5) is 4.89. The van der Waals surface area contributed by atoms with Crippen LogP contribution in [0, 0.1) is 5.92 Å². The van der Waals surface area contributed by atoms with Crippen molar-refractivity contribution in [2.24, 2.45) is 5.92 Å². The van der Waals surface area contributed by atoms with Crippen LogP contribution in [0.5, 0.6) is 0 Å². The minimum Gasteiger partial charge on any atom is -0.380 e. The van der Waals surface area contributed by atoms with E-state index in [4.69, 9.17) is 4.74 Å². The monoisotopic (exact) mass is 228 g/mol. The van der Waals surface area contributed by atoms with E-state index >= 15 is 0 Å². The molecule has 0 N–H and O–H groups in total. The molecule has 0 bridgehead atoms. The fourth-order valence-corrected chi connectivity index (χ4v) is 1.96. The van der Waals surface area contributed by atoms with Gasteiger partial charge >= 0.3 is 0 Å². The molecule has 0 saturated carbocycles. The molecule has 1 aliphatic heterocycles. The number of rotatable bonds is 7. The Balaban J connectivity index is 1.87. The first-order chi connectivity index (χ1) is 7.68. The zero-order valence-electron chi connectivity index (χ0n) is 11.2. The molecular weight excluding hydrogens is 200 g/mol. The normalized spacial score (nSPS) is 19.5. The summed E-state index contributed by atoms with van der Waals surface area (Å²) in [7, 11) is 2.19. The molecular formula is C13H28N2O. The summed E-state index contributed by atoms with van der Waals surface area (Å²) in [6.45, 7) is 12.3. The molecule has 1 saturated heterocycles. The van der Waals surface area contributed by atoms with Gasteiger partial charge in [0.15, 0.2) is 0 Å². The molecule has 1 heterocycles. The number of likely N-dealkylation sites (N-methyl/N-ethyl adjacent to an activating group) is 1. The van der Waals surface area contributed by atoms with Gasteiger partial charge in [-0.1, -0.05) is 13.8 Å². The van der Waals surface area contributed by atoms with Crippen molar-refractivity contribution in [3.63, 3.8) is 0 Å². The van der Waals surface area contributed by atoms with Crippen molar-refractivity contribution in [2.75, 3.05) is 53.0 Å². The Bertz CT molecular complexity index is 165. The van der Waals surface area contributed by atoms with Crippen LogP contribution in [0.25, 0.3) is 0 Å². The highest BCUT2D eigenvalue weighted by Gasteiger charge is 2.12. The summed E-state index contributed by atoms with van der Waals surface area (Å²) in [5, 5.41) is 0. The van der Waals surface area contributed by atoms with Gasteiger partial charge in [0.05, 0.1) is 6.61 Å². The van der Waals surface area contributed by atoms with Crippen LogP contribution in [-0.2, 0) is 4.74 Å². The SMILES string of the molecule is CC(C)CCCOCCN1CCN(C)CC1. The molecule has 0 unspecified atom stereocenters. The topological polar surface area (TPSA) is 15.7 Å². The highest BCUT2D eigenvalue weighted by Crippen LogP contribution is 2.03. The first kappa shape index (κ1) is 13.9. The molecule has 16 heavy (non-hydrogen) atoms. The quantitative estimate of drug-likeness (QED) is 0.617. The average Bonchev–Trinajstić information content (AvgIpc) is 2.25. The van der Waals surface area contributed by atoms with E-state index < -0.39 is 0 Å². The number of nitrogens with zero attached hydrogens (tertiary/aromatic N) is 2. The second kappa shape index (κ2) is 8.04. The second-order valence-corrected chi connectivity index (χ2v) is 5.29. The summed E-state index contributed by atoms with van der Waals surface area (Å²) in [5.74, 6) is 0.807. The zero-order chi connectivity index (χ0) is 11.8. The predicted octanol–water partition coefficient (Wildman–Crippen LogP) is 1.69. The van der Waals surface area contributed by atoms with E-state index in [9.17, 15) is 0 Å². The molecule has 0 amide bonds. The van der Waals surface area contributed by atoms with Crippen molar-refractivity contribution in [3.05, 3.63) is 0 Å². The fourth-order valence-electron chi connectivity index (χ4n) is 1.96. The molecule has 0 aromatic carbocycles. The summed E-state index contributed by atoms with van der Waals surface area (Å²) >= 11 is 0. The Morgan fingerprint density at radius 1 is 1.06 bits per heavy atom. The van der Waals surface area contributed by atoms with Gasteiger partial charge in [0.25, 0.3) is 0 Å². The van der Waals surface area contributed by atoms with E-state index in [1.165, 1.54) is 39.0 Å². The van der Waals surface area contributed by atoms with Gasteiger partial charge in [0, 0.05) is 39.3 Å². The third-order valence-corrected chi connectivity index (χ3v) is 3.22. The molecule has 3 heteroatoms. The van der Waals surface area contributed by atoms with Gasteiger partial charge in [-0.3, -0.25) is 4.90 Å². The van der Waals surface area contributed by atoms with Crippen LogP contribution in [0.4, 0.5) is 0 Å². The fraction of sp³-hybridized carbons (Fsp3) is 1.00. The van der Waals surface area contributed by atoms with Crippen LogP contribution < -0.4 is 0 Å². The smallest absolute Gasteiger partial charge is 0.0593 e. The molecule has 0 spiro atoms. The lowest BCUT2D eigenvalue weighted by Gasteiger charge is -2.32. The second-order valence-electron chi connectivity index (χ2n) is 5.29. The zero-order valence-corrected chi connectivity index (χ0v) is 11.2. The lowest BCUT2D eigenvalue weighted by molar-refractivity contribution is 0.0791. The Morgan fingerprint density at radius 3 is 2.38 bits per heavy atom. The Kier molecular flexibility index (Phi) is 7.01. The summed E-state index contributed by atoms with van der Waals surface area (Å²) in [6, 6.07) is 0. The molecule has 1 aliphatic rings. The summed E-state index contributed by atoms with van der Waals surface area (Å²) in [6.07, 6.45) is 2.49. The highest BCUT2D eigenvalue weighted by molar-refractivity contribution is 4.68. The summed E-state index contributed by atoms with van der Waals surface area (Å²) < 4.78 is 5.66. The molecule has 96 valence electrons. The number of hydrogen-bond donors (Lipinski definition) is 0. The van der Waals surface area contributed by atoms with Crippen LogP contribution in [0.3, 0.4) is 0 Å². The van der Waals surface area contributed by atoms with E-state index in [0.717, 1.165) is 25.7 Å². The molecule has 0 aromatic heterocycles. The van der Waals surface area contributed by atoms with Crippen molar-refractivity contribution in [3.8, 4) is 0 Å². The van der Waals surface area contributed by atoms with Gasteiger partial charge < -0.3 is 9.64 Å². The number of piperazine rings is 1. The third-order valence-electron chi connectivity index (χ3n) is 3.22. The Labute approximate surface area is 101 Å². The van der Waals surface area contributed by atoms with Gasteiger partial charge in [0.1, 0.15) is 0 Å². The minimum atomic E-state index is 0.807. The van der Waals surface area contributed by atoms with E-state index in [2.05, 4.69) is 30.7 Å². The lowest BCUT2D eigenvalue weighted by Crippen LogP contribution is -2.45. The lowest BCUT2D eigenvalue weighted by atomic mass is 10.1. The van der Waals surface area contributed by atoms with E-state index in [1.807, 2.05) is 0 Å². The molecule has 0 aliphatic carbocycles. The maximum absolute atomic E-state index is 5.66. The van der Waals surface area contributed by atoms with Crippen LogP contribution in [0.1, 0.15) is 26.7 Å². The molecule has 0 aromatic rings. The van der Waals surface area contributed by atoms with Crippen molar-refractivity contribution in [2.45, 2.75) is 26.7 Å². The van der Waals surface area contributed by atoms with Crippen LogP contribution >= 0.6 is 0 Å². The molecule has 1 rings (SSSR count). The third kappa shape index (κ3) is 6.46. The standard InChI is InChI=1S/C13H28N2O/c1-13(2)5-4-11-16-12-10-15-8-6-14(3)7-9-15/h13H,4-12H2,1-3H3. The van der Waals surface area contributed by atoms with Crippen molar-refractivity contribution < 1.29 is 4.74 Å². The number of hydrogen-bond acceptors (Lipinski definition) is 3. The van der Waals surface area contributed by atoms with E-state index in [-0.39, 0.29) is 0 Å². The van der Waals surface area contributed by atoms with Gasteiger partial charge in [-0.05, 0) is 25.8 Å². The van der Waals surface area contributed by atoms with E-state index in [1.54, 1.807) is 0 Å². The van der Waals surface area contributed by atoms with Gasteiger partial charge in [-0.2, -0.15) is 0 Å². The van der Waals surface area contributed by atoms with Crippen molar-refractivity contribution >= 4 is 0 Å². The molecule has 3 nitrogen and oxygen atoms in total. The molecule has 0 atom stereocenters. The average molecular weight is 228 g/mol. The van der Waals surface area contributed by atoms with Gasteiger partial charge in [-0.25, -0.2) is 0 Å². The highest BCUT2D eigenvalue weighted by atomic mass is 16.5. The number of ether oxygens (including phenoxy) is 1. The van der Waals surface area contributed by atoms with Crippen molar-refractivity contribution in [1.82, 2.24) is 9.80 Å². The Morgan fingerprint density at radius 2 is 1.75 bits per heavy atom. The summed E-state index contributed by atoms with van der Waals surface area (Å²) in [5.41, 5.74) is 0. The van der Waals surface area contributed by atoms with Crippen LogP contribution in [-0.4, -0.2) is 62.8 Å². The Hall–Kier alpha value is -0.120. The molecule has 1 fully saturated rings. The van der Waals surface area contributed by atoms with Crippen molar-refractivity contribution in [1.29, 1.82) is 0 Å². The van der Waals surface area contributed by atoms with Crippen LogP contribution in [0.2, 0.25) is 0 Å². The molecule has 0 radical (unpaired) electrons. The first-order valence-electron chi connectivity index (χ1n) is 6.67. The first-order valence-corrected chi connectivity index (χ1v) is 6.67. The predicted molar refractivity (Wildman–Crippen MR) is 68.8 cm³/mol.